The molecule has 2 nitrogen and oxygen atoms in total. The molecule has 0 amide bonds. The van der Waals surface area contributed by atoms with E-state index >= 15 is 0 Å². The van der Waals surface area contributed by atoms with E-state index in [-0.39, 0.29) is 10.8 Å². The van der Waals surface area contributed by atoms with Crippen LogP contribution in [0.5, 0.6) is 0 Å². The van der Waals surface area contributed by atoms with Crippen LogP contribution in [0.2, 0.25) is 0 Å². The van der Waals surface area contributed by atoms with Gasteiger partial charge in [-0.15, -0.1) is 0 Å². The lowest BCUT2D eigenvalue weighted by Gasteiger charge is -2.30. The van der Waals surface area contributed by atoms with Gasteiger partial charge in [0.05, 0.1) is 5.69 Å². The van der Waals surface area contributed by atoms with E-state index in [1.165, 1.54) is 78.0 Å². The van der Waals surface area contributed by atoms with Crippen LogP contribution in [-0.2, 0) is 10.8 Å². The summed E-state index contributed by atoms with van der Waals surface area (Å²) in [6.07, 6.45) is 9.11. The fraction of sp³-hybridized carbons (Fsp3) is 0.154. The molecule has 0 unspecified atom stereocenters. The van der Waals surface area contributed by atoms with E-state index in [2.05, 4.69) is 207 Å². The summed E-state index contributed by atoms with van der Waals surface area (Å²) < 4.78 is 0. The van der Waals surface area contributed by atoms with Crippen molar-refractivity contribution < 1.29 is 0 Å². The Morgan fingerprint density at radius 1 is 0.426 bits per heavy atom. The monoisotopic (exact) mass is 696 g/mol. The Morgan fingerprint density at radius 2 is 0.963 bits per heavy atom. The van der Waals surface area contributed by atoms with Crippen molar-refractivity contribution in [1.29, 1.82) is 0 Å². The van der Waals surface area contributed by atoms with Gasteiger partial charge >= 0.3 is 0 Å². The van der Waals surface area contributed by atoms with Gasteiger partial charge in [-0.1, -0.05) is 125 Å². The molecule has 3 aliphatic carbocycles. The Bertz CT molecular complexity index is 2610. The molecule has 262 valence electrons. The van der Waals surface area contributed by atoms with Crippen LogP contribution in [0.25, 0.3) is 33.0 Å². The van der Waals surface area contributed by atoms with Crippen LogP contribution in [0.1, 0.15) is 62.8 Å². The molecular formula is C52H44N2. The topological polar surface area (TPSA) is 6.48 Å². The Hall–Kier alpha value is -6.12. The van der Waals surface area contributed by atoms with Gasteiger partial charge < -0.3 is 9.80 Å². The molecule has 0 radical (unpaired) electrons. The van der Waals surface area contributed by atoms with E-state index in [9.17, 15) is 0 Å². The number of nitrogens with zero attached hydrogens (tertiary/aromatic N) is 2. The highest BCUT2D eigenvalue weighted by Crippen LogP contribution is 2.59. The van der Waals surface area contributed by atoms with Gasteiger partial charge in [-0.05, 0) is 136 Å². The Labute approximate surface area is 319 Å². The molecule has 7 aromatic carbocycles. The summed E-state index contributed by atoms with van der Waals surface area (Å²) in [5.41, 5.74) is 17.8. The van der Waals surface area contributed by atoms with E-state index in [1.807, 2.05) is 0 Å². The Kier molecular flexibility index (Phi) is 7.36. The minimum atomic E-state index is -0.200. The second-order valence-corrected chi connectivity index (χ2v) is 16.1. The van der Waals surface area contributed by atoms with Crippen molar-refractivity contribution in [2.24, 2.45) is 0 Å². The molecule has 7 aromatic rings. The molecule has 0 saturated carbocycles. The number of hydrogen-bond donors (Lipinski definition) is 0. The number of para-hydroxylation sites is 3. The van der Waals surface area contributed by atoms with E-state index < -0.39 is 0 Å². The molecule has 0 atom stereocenters. The van der Waals surface area contributed by atoms with Gasteiger partial charge in [0, 0.05) is 44.7 Å². The Balaban J connectivity index is 1.14. The van der Waals surface area contributed by atoms with Crippen LogP contribution < -0.4 is 9.80 Å². The van der Waals surface area contributed by atoms with E-state index in [1.54, 1.807) is 0 Å². The molecular weight excluding hydrogens is 653 g/mol. The summed E-state index contributed by atoms with van der Waals surface area (Å²) in [5, 5.41) is 2.56. The zero-order chi connectivity index (χ0) is 36.6. The first-order valence-electron chi connectivity index (χ1n) is 19.3. The molecule has 0 N–H and O–H groups in total. The highest BCUT2D eigenvalue weighted by atomic mass is 15.2. The van der Waals surface area contributed by atoms with Crippen molar-refractivity contribution in [2.75, 3.05) is 9.80 Å². The maximum absolute atomic E-state index is 2.55. The normalized spacial score (nSPS) is 15.6. The SMILES string of the molecule is CC1(C)c2cc(N(C3=CCCC=C3)c3ccccc3)ccc2-c2cc3c(cc21)-c1c(cc(N(c2ccccc2)c2ccccc2)c2ccccc12)C3(C)C. The molecule has 0 aromatic heterocycles. The lowest BCUT2D eigenvalue weighted by Crippen LogP contribution is -2.19. The molecule has 0 saturated heterocycles. The van der Waals surface area contributed by atoms with Gasteiger partial charge in [0.1, 0.15) is 0 Å². The second-order valence-electron chi connectivity index (χ2n) is 16.1. The summed E-state index contributed by atoms with van der Waals surface area (Å²) in [5.74, 6) is 0. The number of rotatable bonds is 6. The van der Waals surface area contributed by atoms with Crippen LogP contribution in [0.4, 0.5) is 28.4 Å². The zero-order valence-electron chi connectivity index (χ0n) is 31.5. The first-order chi connectivity index (χ1) is 26.3. The smallest absolute Gasteiger partial charge is 0.0543 e. The van der Waals surface area contributed by atoms with Crippen LogP contribution in [-0.4, -0.2) is 0 Å². The van der Waals surface area contributed by atoms with Gasteiger partial charge in [-0.2, -0.15) is 0 Å². The predicted octanol–water partition coefficient (Wildman–Crippen LogP) is 14.3. The van der Waals surface area contributed by atoms with E-state index in [0.29, 0.717) is 0 Å². The standard InChI is InChI=1S/C52H44N2/c1-51(2)45-31-39(53(35-19-9-5-10-20-35)36-21-11-6-12-22-36)29-30-40(45)43-32-47-44(33-46(43)51)50-42-28-18-17-27-41(42)49(34-48(50)52(47,3)4)54(37-23-13-7-14-24-37)38-25-15-8-16-26-38/h5,7-11,13-34H,6,12H2,1-4H3. The molecule has 0 fully saturated rings. The fourth-order valence-corrected chi connectivity index (χ4v) is 9.47. The van der Waals surface area contributed by atoms with Gasteiger partial charge in [-0.25, -0.2) is 0 Å². The molecule has 54 heavy (non-hydrogen) atoms. The molecule has 0 aliphatic heterocycles. The summed E-state index contributed by atoms with van der Waals surface area (Å²) in [6.45, 7) is 9.68. The lowest BCUT2D eigenvalue weighted by atomic mass is 9.79. The van der Waals surface area contributed by atoms with Crippen molar-refractivity contribution in [2.45, 2.75) is 51.4 Å². The third kappa shape index (κ3) is 4.86. The van der Waals surface area contributed by atoms with Gasteiger partial charge in [0.15, 0.2) is 0 Å². The molecule has 10 rings (SSSR count). The minimum absolute atomic E-state index is 0.172. The first kappa shape index (κ1) is 32.5. The lowest BCUT2D eigenvalue weighted by molar-refractivity contribution is 0.652. The summed E-state index contributed by atoms with van der Waals surface area (Å²) in [6, 6.07) is 56.2. The van der Waals surface area contributed by atoms with Crippen molar-refractivity contribution in [1.82, 2.24) is 0 Å². The van der Waals surface area contributed by atoms with E-state index in [4.69, 9.17) is 0 Å². The maximum Gasteiger partial charge on any atom is 0.0543 e. The Morgan fingerprint density at radius 3 is 1.59 bits per heavy atom. The van der Waals surface area contributed by atoms with Crippen molar-refractivity contribution in [3.05, 3.63) is 198 Å². The number of hydrogen-bond acceptors (Lipinski definition) is 2. The summed E-state index contributed by atoms with van der Waals surface area (Å²) >= 11 is 0. The van der Waals surface area contributed by atoms with Crippen molar-refractivity contribution in [3.63, 3.8) is 0 Å². The zero-order valence-corrected chi connectivity index (χ0v) is 31.5. The third-order valence-electron chi connectivity index (χ3n) is 12.2. The number of benzene rings is 7. The van der Waals surface area contributed by atoms with Gasteiger partial charge in [0.2, 0.25) is 0 Å². The summed E-state index contributed by atoms with van der Waals surface area (Å²) in [7, 11) is 0. The highest BCUT2D eigenvalue weighted by Gasteiger charge is 2.43. The predicted molar refractivity (Wildman–Crippen MR) is 229 cm³/mol. The average molecular weight is 697 g/mol. The van der Waals surface area contributed by atoms with Crippen molar-refractivity contribution >= 4 is 39.2 Å². The molecule has 0 spiro atoms. The molecule has 2 heteroatoms. The van der Waals surface area contributed by atoms with Crippen molar-refractivity contribution in [3.8, 4) is 22.3 Å². The first-order valence-corrected chi connectivity index (χ1v) is 19.3. The fourth-order valence-electron chi connectivity index (χ4n) is 9.47. The van der Waals surface area contributed by atoms with Crippen LogP contribution in [0.15, 0.2) is 176 Å². The van der Waals surface area contributed by atoms with Crippen LogP contribution in [0.3, 0.4) is 0 Å². The molecule has 3 aliphatic rings. The highest BCUT2D eigenvalue weighted by molar-refractivity contribution is 6.10. The maximum atomic E-state index is 2.55. The largest absolute Gasteiger partial charge is 0.311 e. The van der Waals surface area contributed by atoms with E-state index in [0.717, 1.165) is 24.2 Å². The minimum Gasteiger partial charge on any atom is -0.311 e. The molecule has 0 heterocycles. The average Bonchev–Trinajstić information content (AvgIpc) is 3.57. The number of anilines is 5. The van der Waals surface area contributed by atoms with Gasteiger partial charge in [0.25, 0.3) is 0 Å². The molecule has 0 bridgehead atoms. The quantitative estimate of drug-likeness (QED) is 0.171. The third-order valence-corrected chi connectivity index (χ3v) is 12.2. The van der Waals surface area contributed by atoms with Crippen LogP contribution >= 0.6 is 0 Å². The number of fused-ring (bicyclic) bond motifs is 8. The van der Waals surface area contributed by atoms with Crippen LogP contribution in [0, 0.1) is 0 Å². The second kappa shape index (κ2) is 12.2. The van der Waals surface area contributed by atoms with Gasteiger partial charge in [-0.3, -0.25) is 0 Å². The number of allylic oxidation sites excluding steroid dienone is 3. The summed E-state index contributed by atoms with van der Waals surface area (Å²) in [4.78, 5) is 4.85.